The summed E-state index contributed by atoms with van der Waals surface area (Å²) in [5.41, 5.74) is 0. The molecule has 2 saturated heterocycles. The lowest BCUT2D eigenvalue weighted by molar-refractivity contribution is -0.150. The van der Waals surface area contributed by atoms with Crippen LogP contribution in [0.4, 0.5) is 0 Å². The number of hydrogen-bond donors (Lipinski definition) is 1. The van der Waals surface area contributed by atoms with Crippen molar-refractivity contribution in [3.63, 3.8) is 0 Å². The number of hydrogen-bond acceptors (Lipinski definition) is 3. The molecule has 0 aromatic rings. The van der Waals surface area contributed by atoms with Crippen molar-refractivity contribution in [1.29, 1.82) is 0 Å². The van der Waals surface area contributed by atoms with Gasteiger partial charge in [-0.05, 0) is 32.9 Å². The molecule has 4 heteroatoms. The number of rotatable bonds is 2. The predicted molar refractivity (Wildman–Crippen MR) is 62.1 cm³/mol. The zero-order valence-electron chi connectivity index (χ0n) is 10.4. The predicted octanol–water partition coefficient (Wildman–Crippen LogP) is 0.478. The second kappa shape index (κ2) is 4.72. The number of nitrogens with zero attached hydrogens (tertiary/aromatic N) is 1. The second-order valence-corrected chi connectivity index (χ2v) is 5.19. The molecule has 3 unspecified atom stereocenters. The summed E-state index contributed by atoms with van der Waals surface area (Å²) in [5.74, 6) is 0.966. The van der Waals surface area contributed by atoms with E-state index in [1.165, 1.54) is 0 Å². The van der Waals surface area contributed by atoms with Gasteiger partial charge in [-0.2, -0.15) is 0 Å². The van der Waals surface area contributed by atoms with Crippen molar-refractivity contribution in [2.45, 2.75) is 32.9 Å². The maximum Gasteiger partial charge on any atom is 0.226 e. The van der Waals surface area contributed by atoms with Crippen molar-refractivity contribution in [3.05, 3.63) is 0 Å². The fourth-order valence-corrected chi connectivity index (χ4v) is 2.54. The topological polar surface area (TPSA) is 41.6 Å². The van der Waals surface area contributed by atoms with Gasteiger partial charge in [0.1, 0.15) is 0 Å². The molecule has 0 saturated carbocycles. The van der Waals surface area contributed by atoms with Gasteiger partial charge in [0.2, 0.25) is 5.91 Å². The first kappa shape index (κ1) is 11.9. The first-order chi connectivity index (χ1) is 7.61. The smallest absolute Gasteiger partial charge is 0.226 e. The van der Waals surface area contributed by atoms with Gasteiger partial charge in [0.25, 0.3) is 0 Å². The van der Waals surface area contributed by atoms with E-state index in [2.05, 4.69) is 26.1 Å². The van der Waals surface area contributed by atoms with E-state index in [-0.39, 0.29) is 18.0 Å². The third kappa shape index (κ3) is 2.09. The maximum absolute atomic E-state index is 12.4. The second-order valence-electron chi connectivity index (χ2n) is 5.19. The highest BCUT2D eigenvalue weighted by molar-refractivity contribution is 5.79. The molecule has 0 aromatic heterocycles. The highest BCUT2D eigenvalue weighted by Crippen LogP contribution is 2.23. The zero-order chi connectivity index (χ0) is 11.7. The van der Waals surface area contributed by atoms with Crippen LogP contribution in [-0.4, -0.2) is 49.2 Å². The normalized spacial score (nSPS) is 33.3. The Hall–Kier alpha value is -0.610. The molecule has 3 atom stereocenters. The Labute approximate surface area is 97.3 Å². The summed E-state index contributed by atoms with van der Waals surface area (Å²) in [6, 6.07) is 0.429. The van der Waals surface area contributed by atoms with E-state index in [9.17, 15) is 4.79 Å². The van der Waals surface area contributed by atoms with Crippen molar-refractivity contribution in [1.82, 2.24) is 10.2 Å². The van der Waals surface area contributed by atoms with Crippen molar-refractivity contribution >= 4 is 5.91 Å². The van der Waals surface area contributed by atoms with Crippen LogP contribution in [-0.2, 0) is 9.53 Å². The molecular formula is C12H22N2O2. The third-order valence-corrected chi connectivity index (χ3v) is 3.83. The van der Waals surface area contributed by atoms with Crippen LogP contribution < -0.4 is 5.32 Å². The molecule has 4 nitrogen and oxygen atoms in total. The van der Waals surface area contributed by atoms with Crippen molar-refractivity contribution in [2.75, 3.05) is 26.3 Å². The van der Waals surface area contributed by atoms with E-state index in [4.69, 9.17) is 4.74 Å². The molecule has 1 N–H and O–H groups in total. The maximum atomic E-state index is 12.4. The Bertz CT molecular complexity index is 256. The average molecular weight is 226 g/mol. The Morgan fingerprint density at radius 2 is 1.88 bits per heavy atom. The van der Waals surface area contributed by atoms with Crippen LogP contribution in [0.3, 0.4) is 0 Å². The quantitative estimate of drug-likeness (QED) is 0.744. The molecule has 1 amide bonds. The molecule has 16 heavy (non-hydrogen) atoms. The van der Waals surface area contributed by atoms with Gasteiger partial charge >= 0.3 is 0 Å². The lowest BCUT2D eigenvalue weighted by atomic mass is 9.87. The minimum absolute atomic E-state index is 0.143. The van der Waals surface area contributed by atoms with Gasteiger partial charge in [-0.15, -0.1) is 0 Å². The van der Waals surface area contributed by atoms with Gasteiger partial charge in [-0.1, -0.05) is 6.92 Å². The van der Waals surface area contributed by atoms with E-state index in [0.717, 1.165) is 13.1 Å². The average Bonchev–Trinajstić information content (AvgIpc) is 2.14. The van der Waals surface area contributed by atoms with Crippen LogP contribution >= 0.6 is 0 Å². The molecule has 92 valence electrons. The lowest BCUT2D eigenvalue weighted by Gasteiger charge is -2.42. The van der Waals surface area contributed by atoms with Crippen molar-refractivity contribution in [3.8, 4) is 0 Å². The number of morpholine rings is 1. The number of carbonyl (C=O) groups is 1. The molecule has 2 fully saturated rings. The van der Waals surface area contributed by atoms with Crippen LogP contribution in [0.1, 0.15) is 20.8 Å². The molecular weight excluding hydrogens is 204 g/mol. The summed E-state index contributed by atoms with van der Waals surface area (Å²) in [5, 5.41) is 3.23. The molecule has 2 aliphatic rings. The van der Waals surface area contributed by atoms with E-state index < -0.39 is 0 Å². The van der Waals surface area contributed by atoms with Crippen LogP contribution in [0.2, 0.25) is 0 Å². The third-order valence-electron chi connectivity index (χ3n) is 3.83. The lowest BCUT2D eigenvalue weighted by Crippen LogP contribution is -2.57. The molecule has 2 aliphatic heterocycles. The molecule has 0 spiro atoms. The highest BCUT2D eigenvalue weighted by atomic mass is 16.5. The summed E-state index contributed by atoms with van der Waals surface area (Å²) in [7, 11) is 0. The van der Waals surface area contributed by atoms with E-state index in [1.54, 1.807) is 0 Å². The summed E-state index contributed by atoms with van der Waals surface area (Å²) >= 11 is 0. The molecule has 0 radical (unpaired) electrons. The summed E-state index contributed by atoms with van der Waals surface area (Å²) in [6.45, 7) is 9.51. The largest absolute Gasteiger partial charge is 0.377 e. The van der Waals surface area contributed by atoms with Gasteiger partial charge < -0.3 is 15.0 Å². The van der Waals surface area contributed by atoms with E-state index in [0.29, 0.717) is 25.0 Å². The minimum Gasteiger partial charge on any atom is -0.377 e. The van der Waals surface area contributed by atoms with Gasteiger partial charge in [-0.25, -0.2) is 0 Å². The first-order valence-electron chi connectivity index (χ1n) is 6.22. The van der Waals surface area contributed by atoms with Crippen LogP contribution in [0.15, 0.2) is 0 Å². The Morgan fingerprint density at radius 3 is 2.31 bits per heavy atom. The Morgan fingerprint density at radius 1 is 1.31 bits per heavy atom. The zero-order valence-corrected chi connectivity index (χ0v) is 10.4. The standard InChI is InChI=1S/C12H22N2O2/c1-8-6-16-7-9(2)14(8)12(15)10(3)11-4-13-5-11/h8-11,13H,4-7H2,1-3H3. The summed E-state index contributed by atoms with van der Waals surface area (Å²) in [6.07, 6.45) is 0. The minimum atomic E-state index is 0.143. The van der Waals surface area contributed by atoms with E-state index >= 15 is 0 Å². The Balaban J connectivity index is 2.00. The van der Waals surface area contributed by atoms with Crippen molar-refractivity contribution < 1.29 is 9.53 Å². The van der Waals surface area contributed by atoms with Crippen LogP contribution in [0, 0.1) is 11.8 Å². The molecule has 2 rings (SSSR count). The fraction of sp³-hybridized carbons (Fsp3) is 0.917. The van der Waals surface area contributed by atoms with Crippen LogP contribution in [0.5, 0.6) is 0 Å². The number of nitrogens with one attached hydrogen (secondary N) is 1. The van der Waals surface area contributed by atoms with Gasteiger partial charge in [0.15, 0.2) is 0 Å². The summed E-state index contributed by atoms with van der Waals surface area (Å²) in [4.78, 5) is 14.4. The fourth-order valence-electron chi connectivity index (χ4n) is 2.54. The van der Waals surface area contributed by atoms with Crippen LogP contribution in [0.25, 0.3) is 0 Å². The number of carbonyl (C=O) groups excluding carboxylic acids is 1. The molecule has 0 aromatic carbocycles. The molecule has 0 bridgehead atoms. The van der Waals surface area contributed by atoms with Gasteiger partial charge in [0.05, 0.1) is 25.3 Å². The number of amides is 1. The van der Waals surface area contributed by atoms with Gasteiger partial charge in [-0.3, -0.25) is 4.79 Å². The van der Waals surface area contributed by atoms with Crippen molar-refractivity contribution in [2.24, 2.45) is 11.8 Å². The highest BCUT2D eigenvalue weighted by Gasteiger charge is 2.36. The Kier molecular flexibility index (Phi) is 3.50. The SMILES string of the molecule is CC(C(=O)N1C(C)COCC1C)C1CNC1. The monoisotopic (exact) mass is 226 g/mol. The first-order valence-corrected chi connectivity index (χ1v) is 6.22. The molecule has 0 aliphatic carbocycles. The number of ether oxygens (including phenoxy) is 1. The van der Waals surface area contributed by atoms with Gasteiger partial charge in [0, 0.05) is 5.92 Å². The van der Waals surface area contributed by atoms with E-state index in [1.807, 2.05) is 4.90 Å². The summed E-state index contributed by atoms with van der Waals surface area (Å²) < 4.78 is 5.45. The molecule has 2 heterocycles.